The normalized spacial score (nSPS) is 13.4. The van der Waals surface area contributed by atoms with Gasteiger partial charge in [-0.1, -0.05) is 48.5 Å². The molecule has 0 fully saturated rings. The molecular weight excluding hydrogens is 436 g/mol. The molecule has 0 unspecified atom stereocenters. The van der Waals surface area contributed by atoms with E-state index in [2.05, 4.69) is 5.32 Å². The third kappa shape index (κ3) is 6.07. The second-order valence-corrected chi connectivity index (χ2v) is 9.34. The first-order valence-electron chi connectivity index (χ1n) is 11.4. The SMILES string of the molecule is CN(C(=O)OCC1c2ccccc2-c2ccccc21)[C@@H](CCCNC(=O)OC(C)(C)C)C(=O)O. The minimum Gasteiger partial charge on any atom is -0.480 e. The van der Waals surface area contributed by atoms with Crippen LogP contribution in [-0.4, -0.2) is 60.0 Å². The van der Waals surface area contributed by atoms with Crippen molar-refractivity contribution in [2.45, 2.75) is 51.2 Å². The summed E-state index contributed by atoms with van der Waals surface area (Å²) in [6.45, 7) is 5.63. The number of benzene rings is 2. The number of hydrogen-bond donors (Lipinski definition) is 2. The number of carboxylic acids is 1. The first-order chi connectivity index (χ1) is 16.1. The van der Waals surface area contributed by atoms with E-state index in [1.54, 1.807) is 20.8 Å². The summed E-state index contributed by atoms with van der Waals surface area (Å²) in [7, 11) is 1.42. The summed E-state index contributed by atoms with van der Waals surface area (Å²) in [6.07, 6.45) is -0.748. The molecule has 2 aromatic carbocycles. The molecule has 1 aliphatic rings. The number of nitrogens with zero attached hydrogens (tertiary/aromatic N) is 1. The average molecular weight is 469 g/mol. The maximum atomic E-state index is 12.7. The van der Waals surface area contributed by atoms with Crippen LogP contribution in [0.5, 0.6) is 0 Å². The number of rotatable bonds is 8. The average Bonchev–Trinajstić information content (AvgIpc) is 3.09. The van der Waals surface area contributed by atoms with E-state index < -0.39 is 29.8 Å². The van der Waals surface area contributed by atoms with Gasteiger partial charge in [-0.15, -0.1) is 0 Å². The van der Waals surface area contributed by atoms with Gasteiger partial charge in [0.2, 0.25) is 0 Å². The summed E-state index contributed by atoms with van der Waals surface area (Å²) in [4.78, 5) is 37.3. The van der Waals surface area contributed by atoms with E-state index in [0.29, 0.717) is 6.42 Å². The van der Waals surface area contributed by atoms with Crippen LogP contribution >= 0.6 is 0 Å². The lowest BCUT2D eigenvalue weighted by atomic mass is 9.98. The van der Waals surface area contributed by atoms with Crippen molar-refractivity contribution < 1.29 is 29.0 Å². The first kappa shape index (κ1) is 25.1. The highest BCUT2D eigenvalue weighted by molar-refractivity contribution is 5.81. The zero-order valence-electron chi connectivity index (χ0n) is 20.0. The number of carboxylic acid groups (broad SMARTS) is 1. The number of carbonyl (C=O) groups is 3. The van der Waals surface area contributed by atoms with E-state index in [9.17, 15) is 19.5 Å². The maximum absolute atomic E-state index is 12.7. The minimum atomic E-state index is -1.13. The molecule has 0 heterocycles. The molecule has 0 spiro atoms. The molecule has 2 N–H and O–H groups in total. The second-order valence-electron chi connectivity index (χ2n) is 9.34. The zero-order valence-corrected chi connectivity index (χ0v) is 20.0. The Kier molecular flexibility index (Phi) is 7.81. The number of hydrogen-bond acceptors (Lipinski definition) is 5. The number of nitrogens with one attached hydrogen (secondary N) is 1. The molecule has 2 amide bonds. The van der Waals surface area contributed by atoms with Crippen molar-refractivity contribution in [1.82, 2.24) is 10.2 Å². The van der Waals surface area contributed by atoms with Gasteiger partial charge in [-0.05, 0) is 55.9 Å². The molecule has 182 valence electrons. The van der Waals surface area contributed by atoms with Crippen molar-refractivity contribution in [2.24, 2.45) is 0 Å². The predicted molar refractivity (Wildman–Crippen MR) is 128 cm³/mol. The molecule has 0 radical (unpaired) electrons. The van der Waals surface area contributed by atoms with Crippen molar-refractivity contribution in [2.75, 3.05) is 20.2 Å². The largest absolute Gasteiger partial charge is 0.480 e. The number of ether oxygens (including phenoxy) is 2. The third-order valence-corrected chi connectivity index (χ3v) is 5.70. The Morgan fingerprint density at radius 2 is 1.59 bits per heavy atom. The van der Waals surface area contributed by atoms with Gasteiger partial charge in [0, 0.05) is 19.5 Å². The summed E-state index contributed by atoms with van der Waals surface area (Å²) >= 11 is 0. The first-order valence-corrected chi connectivity index (χ1v) is 11.4. The van der Waals surface area contributed by atoms with E-state index in [0.717, 1.165) is 27.2 Å². The van der Waals surface area contributed by atoms with Crippen LogP contribution in [0.25, 0.3) is 11.1 Å². The van der Waals surface area contributed by atoms with Crippen LogP contribution in [0.4, 0.5) is 9.59 Å². The zero-order chi connectivity index (χ0) is 24.9. The summed E-state index contributed by atoms with van der Waals surface area (Å²) < 4.78 is 10.7. The van der Waals surface area contributed by atoms with Crippen LogP contribution < -0.4 is 5.32 Å². The molecule has 8 heteroatoms. The van der Waals surface area contributed by atoms with E-state index in [-0.39, 0.29) is 25.5 Å². The fourth-order valence-electron chi connectivity index (χ4n) is 4.11. The summed E-state index contributed by atoms with van der Waals surface area (Å²) in [5.41, 5.74) is 3.80. The van der Waals surface area contributed by atoms with Gasteiger partial charge in [0.15, 0.2) is 0 Å². The lowest BCUT2D eigenvalue weighted by Crippen LogP contribution is -2.43. The van der Waals surface area contributed by atoms with Crippen LogP contribution in [-0.2, 0) is 14.3 Å². The number of likely N-dealkylation sites (N-methyl/N-ethyl adjacent to an activating group) is 1. The molecule has 0 aliphatic heterocycles. The highest BCUT2D eigenvalue weighted by Crippen LogP contribution is 2.44. The molecule has 34 heavy (non-hydrogen) atoms. The Morgan fingerprint density at radius 3 is 2.12 bits per heavy atom. The predicted octanol–water partition coefficient (Wildman–Crippen LogP) is 4.63. The number of carbonyl (C=O) groups excluding carboxylic acids is 2. The van der Waals surface area contributed by atoms with Gasteiger partial charge >= 0.3 is 18.2 Å². The third-order valence-electron chi connectivity index (χ3n) is 5.70. The maximum Gasteiger partial charge on any atom is 0.410 e. The molecule has 8 nitrogen and oxygen atoms in total. The van der Waals surface area contributed by atoms with Crippen LogP contribution in [0.1, 0.15) is 50.7 Å². The summed E-state index contributed by atoms with van der Waals surface area (Å²) in [5.74, 6) is -1.24. The Bertz CT molecular complexity index is 1000. The molecule has 1 aliphatic carbocycles. The van der Waals surface area contributed by atoms with Crippen LogP contribution in [0.2, 0.25) is 0 Å². The highest BCUT2D eigenvalue weighted by atomic mass is 16.6. The monoisotopic (exact) mass is 468 g/mol. The number of alkyl carbamates (subject to hydrolysis) is 1. The van der Waals surface area contributed by atoms with Gasteiger partial charge in [0.05, 0.1) is 0 Å². The topological polar surface area (TPSA) is 105 Å². The van der Waals surface area contributed by atoms with Crippen LogP contribution in [0.3, 0.4) is 0 Å². The second kappa shape index (κ2) is 10.6. The van der Waals surface area contributed by atoms with Crippen molar-refractivity contribution in [3.8, 4) is 11.1 Å². The number of amides is 2. The molecule has 0 saturated carbocycles. The number of aliphatic carboxylic acids is 1. The quantitative estimate of drug-likeness (QED) is 0.548. The van der Waals surface area contributed by atoms with Crippen molar-refractivity contribution in [3.05, 3.63) is 59.7 Å². The molecule has 2 aromatic rings. The lowest BCUT2D eigenvalue weighted by molar-refractivity contribution is -0.142. The van der Waals surface area contributed by atoms with Gasteiger partial charge in [-0.25, -0.2) is 14.4 Å². The van der Waals surface area contributed by atoms with E-state index in [1.807, 2.05) is 48.5 Å². The Hall–Kier alpha value is -3.55. The van der Waals surface area contributed by atoms with E-state index in [1.165, 1.54) is 7.05 Å². The smallest absolute Gasteiger partial charge is 0.410 e. The van der Waals surface area contributed by atoms with E-state index in [4.69, 9.17) is 9.47 Å². The fourth-order valence-corrected chi connectivity index (χ4v) is 4.11. The molecule has 0 saturated heterocycles. The Labute approximate surface area is 199 Å². The lowest BCUT2D eigenvalue weighted by Gasteiger charge is -2.25. The molecule has 0 aromatic heterocycles. The highest BCUT2D eigenvalue weighted by Gasteiger charge is 2.31. The number of fused-ring (bicyclic) bond motifs is 3. The van der Waals surface area contributed by atoms with Crippen molar-refractivity contribution in [3.63, 3.8) is 0 Å². The van der Waals surface area contributed by atoms with Gasteiger partial charge in [0.1, 0.15) is 18.2 Å². The molecule has 0 bridgehead atoms. The summed E-state index contributed by atoms with van der Waals surface area (Å²) in [5, 5.41) is 12.2. The van der Waals surface area contributed by atoms with Crippen LogP contribution in [0, 0.1) is 0 Å². The van der Waals surface area contributed by atoms with Gasteiger partial charge in [0.25, 0.3) is 0 Å². The minimum absolute atomic E-state index is 0.106. The Balaban J connectivity index is 1.55. The fraction of sp³-hybridized carbons (Fsp3) is 0.423. The van der Waals surface area contributed by atoms with Crippen molar-refractivity contribution in [1.29, 1.82) is 0 Å². The van der Waals surface area contributed by atoms with Crippen molar-refractivity contribution >= 4 is 18.2 Å². The van der Waals surface area contributed by atoms with Gasteiger partial charge in [-0.3, -0.25) is 4.90 Å². The Morgan fingerprint density at radius 1 is 1.03 bits per heavy atom. The molecule has 3 rings (SSSR count). The van der Waals surface area contributed by atoms with Gasteiger partial charge in [-0.2, -0.15) is 0 Å². The standard InChI is InChI=1S/C26H32N2O6/c1-26(2,3)34-24(31)27-15-9-14-22(23(29)30)28(4)25(32)33-16-21-19-12-7-5-10-17(19)18-11-6-8-13-20(18)21/h5-8,10-13,21-22H,9,14-16H2,1-4H3,(H,27,31)(H,29,30)/t22-/m0/s1. The molecular formula is C26H32N2O6. The van der Waals surface area contributed by atoms with E-state index >= 15 is 0 Å². The summed E-state index contributed by atoms with van der Waals surface area (Å²) in [6, 6.07) is 14.9. The molecule has 1 atom stereocenters. The van der Waals surface area contributed by atoms with Crippen LogP contribution in [0.15, 0.2) is 48.5 Å². The van der Waals surface area contributed by atoms with Gasteiger partial charge < -0.3 is 19.9 Å².